The van der Waals surface area contributed by atoms with Gasteiger partial charge < -0.3 is 10.6 Å². The quantitative estimate of drug-likeness (QED) is 0.648. The van der Waals surface area contributed by atoms with Crippen LogP contribution in [0.25, 0.3) is 0 Å². The van der Waals surface area contributed by atoms with E-state index in [-0.39, 0.29) is 0 Å². The summed E-state index contributed by atoms with van der Waals surface area (Å²) in [7, 11) is 0. The highest BCUT2D eigenvalue weighted by Gasteiger charge is 2.52. The minimum absolute atomic E-state index is 0.369. The number of halogens is 1. The zero-order valence-corrected chi connectivity index (χ0v) is 18.3. The van der Waals surface area contributed by atoms with E-state index in [1.165, 1.54) is 24.3 Å². The third-order valence-corrected chi connectivity index (χ3v) is 5.66. The second kappa shape index (κ2) is 8.88. The lowest BCUT2D eigenvalue weighted by Crippen LogP contribution is -2.44. The van der Waals surface area contributed by atoms with Gasteiger partial charge in [0.05, 0.1) is 0 Å². The van der Waals surface area contributed by atoms with Crippen LogP contribution in [0.5, 0.6) is 0 Å². The maximum atomic E-state index is 13.4. The summed E-state index contributed by atoms with van der Waals surface area (Å²) in [6, 6.07) is 8.83. The number of urea groups is 1. The molecule has 7 heteroatoms. The van der Waals surface area contributed by atoms with Crippen molar-refractivity contribution in [2.24, 2.45) is 0 Å². The normalized spacial score (nSPS) is 18.3. The van der Waals surface area contributed by atoms with Gasteiger partial charge >= 0.3 is 6.03 Å². The Morgan fingerprint density at radius 2 is 1.71 bits per heavy atom. The number of hydrogen-bond donors (Lipinski definition) is 2. The Labute approximate surface area is 181 Å². The fourth-order valence-electron chi connectivity index (χ4n) is 4.16. The van der Waals surface area contributed by atoms with Crippen LogP contribution in [0, 0.1) is 26.6 Å². The van der Waals surface area contributed by atoms with Crippen LogP contribution in [0.2, 0.25) is 0 Å². The average Bonchev–Trinajstić information content (AvgIpc) is 2.94. The molecule has 0 saturated carbocycles. The number of carbonyl (C=O) groups is 3. The number of anilines is 1. The van der Waals surface area contributed by atoms with Gasteiger partial charge in [0.25, 0.3) is 5.91 Å². The van der Waals surface area contributed by atoms with E-state index in [2.05, 4.69) is 10.6 Å². The second-order valence-electron chi connectivity index (χ2n) is 8.16. The highest BCUT2D eigenvalue weighted by Crippen LogP contribution is 2.34. The third kappa shape index (κ3) is 4.45. The molecule has 0 aliphatic carbocycles. The molecule has 6 nitrogen and oxygen atoms in total. The molecule has 1 aliphatic heterocycles. The van der Waals surface area contributed by atoms with Crippen LogP contribution in [0.1, 0.15) is 48.4 Å². The first-order valence-electron chi connectivity index (χ1n) is 10.5. The molecular weight excluding hydrogens is 397 g/mol. The molecule has 3 rings (SSSR count). The van der Waals surface area contributed by atoms with Gasteiger partial charge in [0.15, 0.2) is 0 Å². The zero-order valence-electron chi connectivity index (χ0n) is 18.3. The van der Waals surface area contributed by atoms with Gasteiger partial charge in [0.2, 0.25) is 5.91 Å². The van der Waals surface area contributed by atoms with Crippen LogP contribution in [-0.2, 0) is 15.1 Å². The van der Waals surface area contributed by atoms with Crippen molar-refractivity contribution in [2.45, 2.75) is 52.5 Å². The molecule has 4 amide bonds. The van der Waals surface area contributed by atoms with Crippen molar-refractivity contribution in [3.8, 4) is 0 Å². The number of hydrogen-bond acceptors (Lipinski definition) is 3. The van der Waals surface area contributed by atoms with Crippen molar-refractivity contribution in [1.29, 1.82) is 0 Å². The third-order valence-electron chi connectivity index (χ3n) is 5.66. The SMILES string of the molecule is CCCCC1(c2ccc(F)cc2)NC(=O)N(CC(=O)Nc2c(C)cc(C)cc2C)C1=O. The van der Waals surface area contributed by atoms with E-state index < -0.39 is 35.7 Å². The summed E-state index contributed by atoms with van der Waals surface area (Å²) >= 11 is 0. The minimum atomic E-state index is -1.29. The van der Waals surface area contributed by atoms with Crippen molar-refractivity contribution < 1.29 is 18.8 Å². The molecule has 164 valence electrons. The molecule has 2 aromatic rings. The molecule has 1 aliphatic rings. The lowest BCUT2D eigenvalue weighted by Gasteiger charge is -2.27. The second-order valence-corrected chi connectivity index (χ2v) is 8.16. The Balaban J connectivity index is 1.84. The number of benzene rings is 2. The number of unbranched alkanes of at least 4 members (excludes halogenated alkanes) is 1. The topological polar surface area (TPSA) is 78.5 Å². The first-order chi connectivity index (χ1) is 14.7. The summed E-state index contributed by atoms with van der Waals surface area (Å²) in [5.74, 6) is -1.37. The zero-order chi connectivity index (χ0) is 22.8. The van der Waals surface area contributed by atoms with Crippen LogP contribution in [0.4, 0.5) is 14.9 Å². The minimum Gasteiger partial charge on any atom is -0.324 e. The average molecular weight is 426 g/mol. The molecule has 2 N–H and O–H groups in total. The molecule has 2 aromatic carbocycles. The van der Waals surface area contributed by atoms with E-state index in [1.807, 2.05) is 39.8 Å². The van der Waals surface area contributed by atoms with Gasteiger partial charge in [0, 0.05) is 5.69 Å². The summed E-state index contributed by atoms with van der Waals surface area (Å²) in [5, 5.41) is 5.60. The summed E-state index contributed by atoms with van der Waals surface area (Å²) in [6.45, 7) is 7.36. The molecule has 0 spiro atoms. The van der Waals surface area contributed by atoms with Gasteiger partial charge in [0.1, 0.15) is 17.9 Å². The summed E-state index contributed by atoms with van der Waals surface area (Å²) in [6.07, 6.45) is 1.87. The number of imide groups is 1. The van der Waals surface area contributed by atoms with E-state index in [0.29, 0.717) is 24.1 Å². The Bertz CT molecular complexity index is 996. The van der Waals surface area contributed by atoms with E-state index in [0.717, 1.165) is 28.0 Å². The number of amides is 4. The van der Waals surface area contributed by atoms with Crippen LogP contribution in [-0.4, -0.2) is 29.3 Å². The lowest BCUT2D eigenvalue weighted by atomic mass is 9.85. The van der Waals surface area contributed by atoms with E-state index in [9.17, 15) is 18.8 Å². The van der Waals surface area contributed by atoms with Gasteiger partial charge in [-0.1, -0.05) is 49.6 Å². The molecule has 0 radical (unpaired) electrons. The van der Waals surface area contributed by atoms with E-state index in [4.69, 9.17) is 0 Å². The Morgan fingerprint density at radius 1 is 1.10 bits per heavy atom. The van der Waals surface area contributed by atoms with Crippen molar-refractivity contribution in [3.63, 3.8) is 0 Å². The fourth-order valence-corrected chi connectivity index (χ4v) is 4.16. The van der Waals surface area contributed by atoms with Gasteiger partial charge in [-0.15, -0.1) is 0 Å². The van der Waals surface area contributed by atoms with Crippen LogP contribution < -0.4 is 10.6 Å². The maximum Gasteiger partial charge on any atom is 0.325 e. The van der Waals surface area contributed by atoms with Crippen LogP contribution >= 0.6 is 0 Å². The smallest absolute Gasteiger partial charge is 0.324 e. The Morgan fingerprint density at radius 3 is 2.29 bits per heavy atom. The van der Waals surface area contributed by atoms with Gasteiger partial charge in [-0.05, 0) is 56.0 Å². The number of nitrogens with zero attached hydrogens (tertiary/aromatic N) is 1. The van der Waals surface area contributed by atoms with E-state index >= 15 is 0 Å². The highest BCUT2D eigenvalue weighted by molar-refractivity contribution is 6.10. The van der Waals surface area contributed by atoms with Gasteiger partial charge in [-0.3, -0.25) is 14.5 Å². The molecule has 0 aromatic heterocycles. The standard InChI is InChI=1S/C24H28FN3O3/c1-5-6-11-24(18-7-9-19(25)10-8-18)22(30)28(23(31)27-24)14-20(29)26-21-16(3)12-15(2)13-17(21)4/h7-10,12-13H,5-6,11,14H2,1-4H3,(H,26,29)(H,27,31). The van der Waals surface area contributed by atoms with Crippen LogP contribution in [0.15, 0.2) is 36.4 Å². The molecule has 0 bridgehead atoms. The Kier molecular flexibility index (Phi) is 6.43. The number of carbonyl (C=O) groups excluding carboxylic acids is 3. The van der Waals surface area contributed by atoms with Gasteiger partial charge in [-0.2, -0.15) is 0 Å². The molecular formula is C24H28FN3O3. The molecule has 1 unspecified atom stereocenters. The summed E-state index contributed by atoms with van der Waals surface area (Å²) in [4.78, 5) is 39.7. The highest BCUT2D eigenvalue weighted by atomic mass is 19.1. The largest absolute Gasteiger partial charge is 0.325 e. The lowest BCUT2D eigenvalue weighted by molar-refractivity contribution is -0.134. The maximum absolute atomic E-state index is 13.4. The first kappa shape index (κ1) is 22.5. The fraction of sp³-hybridized carbons (Fsp3) is 0.375. The van der Waals surface area contributed by atoms with Gasteiger partial charge in [-0.25, -0.2) is 9.18 Å². The predicted molar refractivity (Wildman–Crippen MR) is 117 cm³/mol. The van der Waals surface area contributed by atoms with Crippen molar-refractivity contribution >= 4 is 23.5 Å². The molecule has 1 heterocycles. The summed E-state index contributed by atoms with van der Waals surface area (Å²) in [5.41, 5.74) is 2.80. The van der Waals surface area contributed by atoms with Crippen molar-refractivity contribution in [3.05, 3.63) is 64.5 Å². The number of aryl methyl sites for hydroxylation is 3. The van der Waals surface area contributed by atoms with Crippen molar-refractivity contribution in [1.82, 2.24) is 10.2 Å². The molecule has 1 saturated heterocycles. The molecule has 31 heavy (non-hydrogen) atoms. The number of rotatable bonds is 7. The number of nitrogens with one attached hydrogen (secondary N) is 2. The Hall–Kier alpha value is -3.22. The van der Waals surface area contributed by atoms with Crippen molar-refractivity contribution in [2.75, 3.05) is 11.9 Å². The molecule has 1 fully saturated rings. The predicted octanol–water partition coefficient (Wildman–Crippen LogP) is 4.33. The molecule has 1 atom stereocenters. The van der Waals surface area contributed by atoms with E-state index in [1.54, 1.807) is 0 Å². The van der Waals surface area contributed by atoms with Crippen LogP contribution in [0.3, 0.4) is 0 Å². The monoisotopic (exact) mass is 425 g/mol. The summed E-state index contributed by atoms with van der Waals surface area (Å²) < 4.78 is 13.4. The first-order valence-corrected chi connectivity index (χ1v) is 10.5.